The third-order valence-corrected chi connectivity index (χ3v) is 4.70. The second kappa shape index (κ2) is 5.22. The van der Waals surface area contributed by atoms with E-state index in [1.54, 1.807) is 30.5 Å². The van der Waals surface area contributed by atoms with Gasteiger partial charge in [-0.15, -0.1) is 11.8 Å². The Labute approximate surface area is 141 Å². The molecular formula is C17H10N4O2S. The van der Waals surface area contributed by atoms with E-state index in [1.165, 1.54) is 11.8 Å². The summed E-state index contributed by atoms with van der Waals surface area (Å²) in [6, 6.07) is 12.7. The number of aromatic nitrogens is 2. The Bertz CT molecular complexity index is 1010. The van der Waals surface area contributed by atoms with Crippen LogP contribution in [0.3, 0.4) is 0 Å². The maximum atomic E-state index is 12.9. The first kappa shape index (κ1) is 14.5. The van der Waals surface area contributed by atoms with Crippen LogP contribution >= 0.6 is 11.8 Å². The lowest BCUT2D eigenvalue weighted by Crippen LogP contribution is -2.41. The molecule has 0 unspecified atom stereocenters. The van der Waals surface area contributed by atoms with E-state index < -0.39 is 11.8 Å². The van der Waals surface area contributed by atoms with Crippen molar-refractivity contribution in [1.82, 2.24) is 10.2 Å². The number of aromatic amines is 1. The molecule has 2 heterocycles. The van der Waals surface area contributed by atoms with E-state index in [0.717, 1.165) is 10.3 Å². The molecule has 4 rings (SSSR count). The highest BCUT2D eigenvalue weighted by Crippen LogP contribution is 2.34. The topological polar surface area (TPSA) is 89.8 Å². The van der Waals surface area contributed by atoms with Crippen LogP contribution in [0.15, 0.2) is 41.4 Å². The fourth-order valence-corrected chi connectivity index (χ4v) is 3.44. The number of amides is 2. The highest BCUT2D eigenvalue weighted by atomic mass is 32.2. The zero-order valence-corrected chi connectivity index (χ0v) is 13.3. The molecule has 0 aliphatic carbocycles. The molecule has 0 saturated heterocycles. The van der Waals surface area contributed by atoms with Crippen molar-refractivity contribution >= 4 is 40.2 Å². The number of nitrogens with one attached hydrogen (secondary N) is 1. The van der Waals surface area contributed by atoms with Crippen molar-refractivity contribution in [2.75, 3.05) is 11.2 Å². The lowest BCUT2D eigenvalue weighted by Gasteiger charge is -2.26. The van der Waals surface area contributed by atoms with Gasteiger partial charge in [-0.1, -0.05) is 24.3 Å². The van der Waals surface area contributed by atoms with Crippen molar-refractivity contribution in [3.8, 4) is 6.07 Å². The summed E-state index contributed by atoms with van der Waals surface area (Å²) in [7, 11) is 0. The van der Waals surface area contributed by atoms with Crippen LogP contribution in [0.5, 0.6) is 0 Å². The van der Waals surface area contributed by atoms with E-state index in [9.17, 15) is 14.9 Å². The molecule has 1 N–H and O–H groups in total. The van der Waals surface area contributed by atoms with Gasteiger partial charge in [0.25, 0.3) is 11.8 Å². The highest BCUT2D eigenvalue weighted by molar-refractivity contribution is 7.98. The maximum absolute atomic E-state index is 12.9. The zero-order chi connectivity index (χ0) is 16.8. The van der Waals surface area contributed by atoms with Gasteiger partial charge in [0.1, 0.15) is 16.7 Å². The molecule has 0 spiro atoms. The number of carbonyl (C=O) groups is 2. The maximum Gasteiger partial charge on any atom is 0.267 e. The lowest BCUT2D eigenvalue weighted by molar-refractivity contribution is 0.0892. The third kappa shape index (κ3) is 1.80. The third-order valence-electron chi connectivity index (χ3n) is 4.01. The van der Waals surface area contributed by atoms with Crippen LogP contribution in [0, 0.1) is 11.3 Å². The second-order valence-electron chi connectivity index (χ2n) is 5.22. The Morgan fingerprint density at radius 1 is 1.12 bits per heavy atom. The molecule has 1 aliphatic rings. The lowest BCUT2D eigenvalue weighted by atomic mass is 9.94. The fourth-order valence-electron chi connectivity index (χ4n) is 2.96. The number of nitrogens with zero attached hydrogens (tertiary/aromatic N) is 3. The molecule has 1 aromatic heterocycles. The molecule has 0 saturated carbocycles. The monoisotopic (exact) mass is 334 g/mol. The number of H-pyrrole nitrogens is 1. The number of benzene rings is 2. The molecule has 116 valence electrons. The van der Waals surface area contributed by atoms with Crippen molar-refractivity contribution < 1.29 is 9.59 Å². The summed E-state index contributed by atoms with van der Waals surface area (Å²) < 4.78 is 0. The van der Waals surface area contributed by atoms with Gasteiger partial charge in [0.15, 0.2) is 5.82 Å². The molecule has 2 aromatic carbocycles. The SMILES string of the molecule is CSc1n[nH]c(N2C(=O)c3cccc4cccc(c34)C2=O)c1C#N. The van der Waals surface area contributed by atoms with Gasteiger partial charge in [-0.2, -0.15) is 10.4 Å². The Kier molecular flexibility index (Phi) is 3.15. The summed E-state index contributed by atoms with van der Waals surface area (Å²) in [6.45, 7) is 0. The van der Waals surface area contributed by atoms with E-state index in [1.807, 2.05) is 18.2 Å². The number of imide groups is 1. The van der Waals surface area contributed by atoms with Crippen molar-refractivity contribution in [3.05, 3.63) is 53.1 Å². The van der Waals surface area contributed by atoms with Crippen LogP contribution in [0.1, 0.15) is 26.3 Å². The predicted octanol–water partition coefficient (Wildman–Crippen LogP) is 2.96. The Morgan fingerprint density at radius 3 is 2.29 bits per heavy atom. The molecule has 0 atom stereocenters. The van der Waals surface area contributed by atoms with Gasteiger partial charge in [0, 0.05) is 16.5 Å². The fraction of sp³-hybridized carbons (Fsp3) is 0.0588. The zero-order valence-electron chi connectivity index (χ0n) is 12.5. The quantitative estimate of drug-likeness (QED) is 0.575. The van der Waals surface area contributed by atoms with E-state index in [-0.39, 0.29) is 11.4 Å². The molecule has 0 radical (unpaired) electrons. The van der Waals surface area contributed by atoms with E-state index in [0.29, 0.717) is 21.5 Å². The minimum absolute atomic E-state index is 0.114. The average molecular weight is 334 g/mol. The van der Waals surface area contributed by atoms with E-state index in [4.69, 9.17) is 0 Å². The van der Waals surface area contributed by atoms with Gasteiger partial charge in [-0.3, -0.25) is 14.7 Å². The molecule has 1 aliphatic heterocycles. The number of rotatable bonds is 2. The first-order valence-corrected chi connectivity index (χ1v) is 8.33. The summed E-state index contributed by atoms with van der Waals surface area (Å²) >= 11 is 1.27. The molecule has 7 heteroatoms. The largest absolute Gasteiger partial charge is 0.268 e. The van der Waals surface area contributed by atoms with Crippen molar-refractivity contribution in [3.63, 3.8) is 0 Å². The number of anilines is 1. The molecular weight excluding hydrogens is 324 g/mol. The number of carbonyl (C=O) groups excluding carboxylic acids is 2. The van der Waals surface area contributed by atoms with Crippen LogP contribution in [-0.2, 0) is 0 Å². The van der Waals surface area contributed by atoms with Crippen molar-refractivity contribution in [2.45, 2.75) is 5.03 Å². The second-order valence-corrected chi connectivity index (χ2v) is 6.02. The molecule has 0 bridgehead atoms. The summed E-state index contributed by atoms with van der Waals surface area (Å²) in [4.78, 5) is 26.8. The molecule has 3 aromatic rings. The first-order valence-electron chi connectivity index (χ1n) is 7.10. The standard InChI is InChI=1S/C17H10N4O2S/c1-24-15-12(8-18)14(19-20-15)21-16(22)10-6-2-4-9-5-3-7-11(13(9)10)17(21)23/h2-7H,1H3,(H,19,20). The molecule has 6 nitrogen and oxygen atoms in total. The minimum atomic E-state index is -0.461. The Balaban J connectivity index is 1.99. The summed E-state index contributed by atoms with van der Waals surface area (Å²) in [5, 5.41) is 18.0. The van der Waals surface area contributed by atoms with Gasteiger partial charge in [0.2, 0.25) is 0 Å². The molecule has 0 fully saturated rings. The van der Waals surface area contributed by atoms with Crippen LogP contribution < -0.4 is 4.90 Å². The van der Waals surface area contributed by atoms with Crippen LogP contribution in [0.4, 0.5) is 5.82 Å². The van der Waals surface area contributed by atoms with Crippen molar-refractivity contribution in [2.24, 2.45) is 0 Å². The summed E-state index contributed by atoms with van der Waals surface area (Å²) in [5.74, 6) is -0.808. The molecule has 2 amide bonds. The van der Waals surface area contributed by atoms with Crippen molar-refractivity contribution in [1.29, 1.82) is 5.26 Å². The van der Waals surface area contributed by atoms with Gasteiger partial charge in [-0.25, -0.2) is 4.90 Å². The molecule has 24 heavy (non-hydrogen) atoms. The van der Waals surface area contributed by atoms with E-state index in [2.05, 4.69) is 10.2 Å². The normalized spacial score (nSPS) is 13.4. The minimum Gasteiger partial charge on any atom is -0.268 e. The average Bonchev–Trinajstić information content (AvgIpc) is 3.02. The number of thioether (sulfide) groups is 1. The Morgan fingerprint density at radius 2 is 1.75 bits per heavy atom. The van der Waals surface area contributed by atoms with Crippen LogP contribution in [-0.4, -0.2) is 28.3 Å². The van der Waals surface area contributed by atoms with Crippen LogP contribution in [0.25, 0.3) is 10.8 Å². The first-order chi connectivity index (χ1) is 11.7. The van der Waals surface area contributed by atoms with Gasteiger partial charge in [-0.05, 0) is 23.8 Å². The number of hydrogen-bond donors (Lipinski definition) is 1. The van der Waals surface area contributed by atoms with Crippen LogP contribution in [0.2, 0.25) is 0 Å². The number of nitriles is 1. The van der Waals surface area contributed by atoms with Gasteiger partial charge in [0.05, 0.1) is 0 Å². The smallest absolute Gasteiger partial charge is 0.267 e. The summed E-state index contributed by atoms with van der Waals surface area (Å²) in [6.07, 6.45) is 1.77. The van der Waals surface area contributed by atoms with Gasteiger partial charge >= 0.3 is 0 Å². The highest BCUT2D eigenvalue weighted by Gasteiger charge is 2.36. The number of hydrogen-bond acceptors (Lipinski definition) is 5. The van der Waals surface area contributed by atoms with E-state index >= 15 is 0 Å². The Hall–Kier alpha value is -3.11. The predicted molar refractivity (Wildman–Crippen MR) is 90.2 cm³/mol. The van der Waals surface area contributed by atoms with Gasteiger partial charge < -0.3 is 0 Å². The summed E-state index contributed by atoms with van der Waals surface area (Å²) in [5.41, 5.74) is 1.06.